The fourth-order valence-corrected chi connectivity index (χ4v) is 3.31. The van der Waals surface area contributed by atoms with Crippen LogP contribution in [-0.2, 0) is 11.5 Å². The summed E-state index contributed by atoms with van der Waals surface area (Å²) < 4.78 is 12.6. The minimum atomic E-state index is -1.24. The van der Waals surface area contributed by atoms with Gasteiger partial charge in [0.05, 0.1) is 17.7 Å². The molecule has 0 aliphatic heterocycles. The van der Waals surface area contributed by atoms with Gasteiger partial charge in [-0.3, -0.25) is 9.36 Å². The van der Waals surface area contributed by atoms with E-state index in [1.54, 1.807) is 18.2 Å². The number of pyridine rings is 1. The van der Waals surface area contributed by atoms with Gasteiger partial charge in [0, 0.05) is 26.4 Å². The second kappa shape index (κ2) is 9.01. The van der Waals surface area contributed by atoms with Crippen LogP contribution in [0.4, 0.5) is 0 Å². The van der Waals surface area contributed by atoms with E-state index in [0.29, 0.717) is 24.5 Å². The van der Waals surface area contributed by atoms with E-state index in [9.17, 15) is 14.7 Å². The van der Waals surface area contributed by atoms with E-state index in [1.807, 2.05) is 13.0 Å². The first-order valence-electron chi connectivity index (χ1n) is 9.00. The average molecular weight is 390 g/mol. The molecule has 0 bridgehead atoms. The first-order chi connectivity index (χ1) is 12.7. The zero-order chi connectivity index (χ0) is 20.0. The van der Waals surface area contributed by atoms with Crippen molar-refractivity contribution in [1.29, 1.82) is 0 Å². The summed E-state index contributed by atoms with van der Waals surface area (Å²) in [4.78, 5) is 24.5. The molecule has 0 saturated carbocycles. The molecule has 6 nitrogen and oxygen atoms in total. The van der Waals surface area contributed by atoms with Gasteiger partial charge in [0.1, 0.15) is 12.5 Å². The molecule has 1 heterocycles. The highest BCUT2D eigenvalue weighted by molar-refractivity contribution is 6.76. The summed E-state index contributed by atoms with van der Waals surface area (Å²) in [6.45, 7) is 9.61. The van der Waals surface area contributed by atoms with Crippen LogP contribution in [0.5, 0.6) is 5.75 Å². The molecule has 2 rings (SSSR count). The summed E-state index contributed by atoms with van der Waals surface area (Å²) in [5.74, 6) is -0.549. The lowest BCUT2D eigenvalue weighted by molar-refractivity contribution is 0.0688. The quantitative estimate of drug-likeness (QED) is 0.519. The second-order valence-corrected chi connectivity index (χ2v) is 13.1. The van der Waals surface area contributed by atoms with Crippen molar-refractivity contribution >= 4 is 14.0 Å². The van der Waals surface area contributed by atoms with Crippen LogP contribution in [0.3, 0.4) is 0 Å². The normalized spacial score (nSPS) is 11.4. The Morgan fingerprint density at radius 1 is 1.19 bits per heavy atom. The van der Waals surface area contributed by atoms with Gasteiger partial charge in [0.25, 0.3) is 5.56 Å². The highest BCUT2D eigenvalue weighted by Crippen LogP contribution is 2.28. The van der Waals surface area contributed by atoms with Crippen LogP contribution in [0, 0.1) is 0 Å². The number of aromatic carboxylic acids is 1. The van der Waals surface area contributed by atoms with Crippen molar-refractivity contribution in [2.75, 3.05) is 13.2 Å². The van der Waals surface area contributed by atoms with Gasteiger partial charge in [0.2, 0.25) is 0 Å². The standard InChI is InChI=1S/C20H27NO5Si/c1-5-26-18-9-7-6-8-16(18)17-12-15(20(23)24)13-21(19(17)22)14-25-10-11-27(2,3)4/h6-9,12-13H,5,10-11,14H2,1-4H3,(H,23,24). The number of carbonyl (C=O) groups is 1. The molecule has 0 aliphatic carbocycles. The second-order valence-electron chi connectivity index (χ2n) is 7.50. The molecule has 0 aliphatic rings. The van der Waals surface area contributed by atoms with Crippen LogP contribution in [0.1, 0.15) is 17.3 Å². The van der Waals surface area contributed by atoms with E-state index in [2.05, 4.69) is 19.6 Å². The van der Waals surface area contributed by atoms with Gasteiger partial charge in [-0.15, -0.1) is 0 Å². The van der Waals surface area contributed by atoms with Gasteiger partial charge < -0.3 is 14.6 Å². The Morgan fingerprint density at radius 2 is 1.89 bits per heavy atom. The number of rotatable bonds is 9. The minimum Gasteiger partial charge on any atom is -0.493 e. The Morgan fingerprint density at radius 3 is 2.52 bits per heavy atom. The lowest BCUT2D eigenvalue weighted by Gasteiger charge is -2.16. The van der Waals surface area contributed by atoms with Gasteiger partial charge >= 0.3 is 5.97 Å². The number of hydrogen-bond donors (Lipinski definition) is 1. The highest BCUT2D eigenvalue weighted by atomic mass is 28.3. The first kappa shape index (κ1) is 20.9. The number of ether oxygens (including phenoxy) is 2. The van der Waals surface area contributed by atoms with E-state index >= 15 is 0 Å². The summed E-state index contributed by atoms with van der Waals surface area (Å²) in [6, 6.07) is 9.48. The molecule has 0 fully saturated rings. The third kappa shape index (κ3) is 5.80. The molecule has 0 atom stereocenters. The Kier molecular flexibility index (Phi) is 6.98. The van der Waals surface area contributed by atoms with Gasteiger partial charge in [-0.05, 0) is 25.1 Å². The largest absolute Gasteiger partial charge is 0.493 e. The molecule has 1 aromatic carbocycles. The molecule has 0 amide bonds. The Labute approximate surface area is 160 Å². The lowest BCUT2D eigenvalue weighted by atomic mass is 10.0. The molecular weight excluding hydrogens is 362 g/mol. The summed E-state index contributed by atoms with van der Waals surface area (Å²) in [5, 5.41) is 9.44. The van der Waals surface area contributed by atoms with Crippen molar-refractivity contribution in [2.45, 2.75) is 39.3 Å². The Bertz CT molecular complexity index is 854. The number of hydrogen-bond acceptors (Lipinski definition) is 4. The van der Waals surface area contributed by atoms with Gasteiger partial charge in [-0.25, -0.2) is 4.79 Å². The van der Waals surface area contributed by atoms with Crippen LogP contribution < -0.4 is 10.3 Å². The molecule has 0 unspecified atom stereocenters. The van der Waals surface area contributed by atoms with Crippen LogP contribution >= 0.6 is 0 Å². The first-order valence-corrected chi connectivity index (χ1v) is 12.7. The maximum Gasteiger partial charge on any atom is 0.337 e. The molecule has 27 heavy (non-hydrogen) atoms. The number of para-hydroxylation sites is 1. The number of nitrogens with zero attached hydrogens (tertiary/aromatic N) is 1. The topological polar surface area (TPSA) is 77.8 Å². The molecule has 1 N–H and O–H groups in total. The van der Waals surface area contributed by atoms with Crippen LogP contribution in [-0.4, -0.2) is 36.9 Å². The molecule has 1 aromatic heterocycles. The van der Waals surface area contributed by atoms with E-state index in [0.717, 1.165) is 6.04 Å². The van der Waals surface area contributed by atoms with Crippen LogP contribution in [0.15, 0.2) is 41.3 Å². The molecule has 0 saturated heterocycles. The van der Waals surface area contributed by atoms with Crippen LogP contribution in [0.25, 0.3) is 11.1 Å². The summed E-state index contributed by atoms with van der Waals surface area (Å²) in [5.41, 5.74) is 0.584. The minimum absolute atomic E-state index is 0.0221. The van der Waals surface area contributed by atoms with E-state index < -0.39 is 14.0 Å². The van der Waals surface area contributed by atoms with E-state index in [4.69, 9.17) is 9.47 Å². The van der Waals surface area contributed by atoms with Crippen molar-refractivity contribution in [3.8, 4) is 16.9 Å². The number of aromatic nitrogens is 1. The summed E-state index contributed by atoms with van der Waals surface area (Å²) in [6.07, 6.45) is 1.33. The van der Waals surface area contributed by atoms with Crippen molar-refractivity contribution in [3.63, 3.8) is 0 Å². The zero-order valence-corrected chi connectivity index (χ0v) is 17.3. The number of carboxylic acids is 1. The fraction of sp³-hybridized carbons (Fsp3) is 0.400. The molecule has 2 aromatic rings. The SMILES string of the molecule is CCOc1ccccc1-c1cc(C(=O)O)cn(COCC[Si](C)(C)C)c1=O. The highest BCUT2D eigenvalue weighted by Gasteiger charge is 2.17. The van der Waals surface area contributed by atoms with Crippen molar-refractivity contribution in [2.24, 2.45) is 0 Å². The molecular formula is C20H27NO5Si. The van der Waals surface area contributed by atoms with Crippen molar-refractivity contribution < 1.29 is 19.4 Å². The van der Waals surface area contributed by atoms with Crippen LogP contribution in [0.2, 0.25) is 25.7 Å². The van der Waals surface area contributed by atoms with E-state index in [1.165, 1.54) is 16.8 Å². The summed E-state index contributed by atoms with van der Waals surface area (Å²) >= 11 is 0. The van der Waals surface area contributed by atoms with Crippen molar-refractivity contribution in [3.05, 3.63) is 52.4 Å². The molecule has 7 heteroatoms. The molecule has 0 radical (unpaired) electrons. The lowest BCUT2D eigenvalue weighted by Crippen LogP contribution is -2.26. The fourth-order valence-electron chi connectivity index (χ4n) is 2.55. The predicted molar refractivity (Wildman–Crippen MR) is 108 cm³/mol. The maximum atomic E-state index is 12.9. The Hall–Kier alpha value is -2.38. The third-order valence-corrected chi connectivity index (χ3v) is 5.74. The van der Waals surface area contributed by atoms with Gasteiger partial charge in [-0.1, -0.05) is 37.8 Å². The van der Waals surface area contributed by atoms with E-state index in [-0.39, 0.29) is 23.4 Å². The molecule has 0 spiro atoms. The van der Waals surface area contributed by atoms with Gasteiger partial charge in [-0.2, -0.15) is 0 Å². The monoisotopic (exact) mass is 389 g/mol. The van der Waals surface area contributed by atoms with Crippen molar-refractivity contribution in [1.82, 2.24) is 4.57 Å². The summed E-state index contributed by atoms with van der Waals surface area (Å²) in [7, 11) is -1.24. The smallest absolute Gasteiger partial charge is 0.337 e. The zero-order valence-electron chi connectivity index (χ0n) is 16.3. The number of benzene rings is 1. The predicted octanol–water partition coefficient (Wildman–Crippen LogP) is 3.92. The average Bonchev–Trinajstić information content (AvgIpc) is 2.60. The number of carboxylic acid groups (broad SMARTS) is 1. The Balaban J connectivity index is 2.40. The maximum absolute atomic E-state index is 12.9. The third-order valence-electron chi connectivity index (χ3n) is 4.04. The molecule has 146 valence electrons. The van der Waals surface area contributed by atoms with Gasteiger partial charge in [0.15, 0.2) is 0 Å².